The van der Waals surface area contributed by atoms with Gasteiger partial charge in [0.25, 0.3) is 0 Å². The molecule has 1 fully saturated rings. The summed E-state index contributed by atoms with van der Waals surface area (Å²) in [4.78, 5) is 15.4. The van der Waals surface area contributed by atoms with Crippen LogP contribution in [-0.4, -0.2) is 34.9 Å². The maximum absolute atomic E-state index is 13.0. The van der Waals surface area contributed by atoms with Crippen molar-refractivity contribution in [1.29, 1.82) is 0 Å². The van der Waals surface area contributed by atoms with Crippen molar-refractivity contribution in [2.24, 2.45) is 7.05 Å². The molecule has 0 atom stereocenters. The molecule has 3 heterocycles. The van der Waals surface area contributed by atoms with Gasteiger partial charge in [0, 0.05) is 31.4 Å². The molecule has 1 saturated heterocycles. The summed E-state index contributed by atoms with van der Waals surface area (Å²) < 4.78 is 13.6. The first kappa shape index (κ1) is 19.8. The SMILES string of the molecule is COc1c(Cl)cc2c(=O)cc(-c3ccc(CN4CCC4)cc3)oc2c1-c1ccnn1C. The van der Waals surface area contributed by atoms with Gasteiger partial charge in [-0.1, -0.05) is 35.9 Å². The van der Waals surface area contributed by atoms with E-state index >= 15 is 0 Å². The second-order valence-electron chi connectivity index (χ2n) is 7.78. The molecule has 5 rings (SSSR count). The van der Waals surface area contributed by atoms with Gasteiger partial charge in [-0.2, -0.15) is 5.10 Å². The lowest BCUT2D eigenvalue weighted by molar-refractivity contribution is 0.172. The molecule has 31 heavy (non-hydrogen) atoms. The number of rotatable bonds is 5. The van der Waals surface area contributed by atoms with Gasteiger partial charge in [0.1, 0.15) is 5.76 Å². The number of ether oxygens (including phenoxy) is 1. The lowest BCUT2D eigenvalue weighted by atomic mass is 10.0. The molecule has 0 amide bonds. The maximum Gasteiger partial charge on any atom is 0.193 e. The van der Waals surface area contributed by atoms with E-state index in [0.717, 1.165) is 30.9 Å². The van der Waals surface area contributed by atoms with Gasteiger partial charge < -0.3 is 9.15 Å². The molecule has 6 nitrogen and oxygen atoms in total. The van der Waals surface area contributed by atoms with E-state index in [4.69, 9.17) is 20.8 Å². The minimum Gasteiger partial charge on any atom is -0.494 e. The predicted octanol–water partition coefficient (Wildman–Crippen LogP) is 4.73. The lowest BCUT2D eigenvalue weighted by Gasteiger charge is -2.30. The topological polar surface area (TPSA) is 60.5 Å². The van der Waals surface area contributed by atoms with Crippen LogP contribution in [0.2, 0.25) is 5.02 Å². The van der Waals surface area contributed by atoms with Crippen molar-refractivity contribution >= 4 is 22.6 Å². The molecule has 4 aromatic rings. The third-order valence-corrected chi connectivity index (χ3v) is 6.08. The van der Waals surface area contributed by atoms with Gasteiger partial charge in [0.15, 0.2) is 16.8 Å². The molecule has 7 heteroatoms. The summed E-state index contributed by atoms with van der Waals surface area (Å²) in [6.45, 7) is 3.26. The molecule has 2 aromatic heterocycles. The highest BCUT2D eigenvalue weighted by atomic mass is 35.5. The molecule has 0 aliphatic carbocycles. The van der Waals surface area contributed by atoms with Crippen LogP contribution >= 0.6 is 11.6 Å². The van der Waals surface area contributed by atoms with Crippen LogP contribution in [0.3, 0.4) is 0 Å². The number of fused-ring (bicyclic) bond motifs is 1. The van der Waals surface area contributed by atoms with Crippen molar-refractivity contribution in [3.63, 3.8) is 0 Å². The molecule has 0 spiro atoms. The Hall–Kier alpha value is -3.09. The molecule has 1 aliphatic heterocycles. The van der Waals surface area contributed by atoms with Gasteiger partial charge >= 0.3 is 0 Å². The van der Waals surface area contributed by atoms with Gasteiger partial charge in [0.2, 0.25) is 0 Å². The molecule has 0 radical (unpaired) electrons. The smallest absolute Gasteiger partial charge is 0.193 e. The van der Waals surface area contributed by atoms with E-state index in [1.54, 1.807) is 24.1 Å². The zero-order valence-electron chi connectivity index (χ0n) is 17.4. The van der Waals surface area contributed by atoms with Crippen molar-refractivity contribution in [3.05, 3.63) is 69.5 Å². The summed E-state index contributed by atoms with van der Waals surface area (Å²) in [5, 5.41) is 5.00. The van der Waals surface area contributed by atoms with Crippen molar-refractivity contribution in [2.45, 2.75) is 13.0 Å². The number of halogens is 1. The van der Waals surface area contributed by atoms with E-state index < -0.39 is 0 Å². The standard InChI is InChI=1S/C24H22ClN3O3/c1-27-19(8-9-26-27)22-23-17(12-18(25)24(22)30-2)20(29)13-21(31-23)16-6-4-15(5-7-16)14-28-10-3-11-28/h4-9,12-13H,3,10-11,14H2,1-2H3. The first-order valence-corrected chi connectivity index (χ1v) is 10.6. The average Bonchev–Trinajstić information content (AvgIpc) is 3.16. The molecular formula is C24H22ClN3O3. The summed E-state index contributed by atoms with van der Waals surface area (Å²) in [7, 11) is 3.37. The van der Waals surface area contributed by atoms with Gasteiger partial charge in [-0.3, -0.25) is 14.4 Å². The minimum atomic E-state index is -0.158. The van der Waals surface area contributed by atoms with Crippen LogP contribution in [0.25, 0.3) is 33.6 Å². The molecule has 2 aromatic carbocycles. The van der Waals surface area contributed by atoms with E-state index in [-0.39, 0.29) is 5.43 Å². The number of benzene rings is 2. The van der Waals surface area contributed by atoms with Crippen molar-refractivity contribution in [3.8, 4) is 28.3 Å². The van der Waals surface area contributed by atoms with Crippen LogP contribution in [0.1, 0.15) is 12.0 Å². The largest absolute Gasteiger partial charge is 0.494 e. The summed E-state index contributed by atoms with van der Waals surface area (Å²) in [5.74, 6) is 0.948. The number of likely N-dealkylation sites (tertiary alicyclic amines) is 1. The van der Waals surface area contributed by atoms with Gasteiger partial charge in [-0.05, 0) is 37.2 Å². The van der Waals surface area contributed by atoms with Gasteiger partial charge in [-0.25, -0.2) is 0 Å². The molecular weight excluding hydrogens is 414 g/mol. The Labute approximate surface area is 184 Å². The molecule has 0 bridgehead atoms. The lowest BCUT2D eigenvalue weighted by Crippen LogP contribution is -2.36. The van der Waals surface area contributed by atoms with Crippen LogP contribution in [0.15, 0.2) is 57.9 Å². The second-order valence-corrected chi connectivity index (χ2v) is 8.19. The van der Waals surface area contributed by atoms with Crippen molar-refractivity contribution in [2.75, 3.05) is 20.2 Å². The summed E-state index contributed by atoms with van der Waals surface area (Å²) in [5.41, 5.74) is 3.71. The number of aryl methyl sites for hydroxylation is 1. The predicted molar refractivity (Wildman–Crippen MR) is 122 cm³/mol. The van der Waals surface area contributed by atoms with E-state index in [1.807, 2.05) is 25.2 Å². The first-order valence-electron chi connectivity index (χ1n) is 10.2. The average molecular weight is 436 g/mol. The van der Waals surface area contributed by atoms with Crippen LogP contribution in [-0.2, 0) is 13.6 Å². The normalized spacial score (nSPS) is 14.0. The van der Waals surface area contributed by atoms with Crippen LogP contribution < -0.4 is 10.2 Å². The summed E-state index contributed by atoms with van der Waals surface area (Å²) in [6.07, 6.45) is 2.95. The fourth-order valence-electron chi connectivity index (χ4n) is 4.01. The van der Waals surface area contributed by atoms with E-state index in [1.165, 1.54) is 18.1 Å². The Kier molecular flexibility index (Phi) is 5.04. The van der Waals surface area contributed by atoms with E-state index in [0.29, 0.717) is 33.1 Å². The van der Waals surface area contributed by atoms with Crippen molar-refractivity contribution < 1.29 is 9.15 Å². The molecule has 0 saturated carbocycles. The zero-order valence-corrected chi connectivity index (χ0v) is 18.1. The fraction of sp³-hybridized carbons (Fsp3) is 0.250. The second kappa shape index (κ2) is 7.87. The third kappa shape index (κ3) is 3.52. The van der Waals surface area contributed by atoms with Crippen LogP contribution in [0, 0.1) is 0 Å². The van der Waals surface area contributed by atoms with Crippen LogP contribution in [0.4, 0.5) is 0 Å². The Morgan fingerprint density at radius 3 is 2.55 bits per heavy atom. The van der Waals surface area contributed by atoms with Crippen molar-refractivity contribution in [1.82, 2.24) is 14.7 Å². The maximum atomic E-state index is 13.0. The summed E-state index contributed by atoms with van der Waals surface area (Å²) >= 11 is 6.44. The Morgan fingerprint density at radius 1 is 1.16 bits per heavy atom. The number of hydrogen-bond donors (Lipinski definition) is 0. The molecule has 0 unspecified atom stereocenters. The summed E-state index contributed by atoms with van der Waals surface area (Å²) in [6, 6.07) is 13.1. The van der Waals surface area contributed by atoms with Crippen LogP contribution in [0.5, 0.6) is 5.75 Å². The fourth-order valence-corrected chi connectivity index (χ4v) is 4.29. The highest BCUT2D eigenvalue weighted by molar-refractivity contribution is 6.33. The zero-order chi connectivity index (χ0) is 21.5. The number of nitrogens with zero attached hydrogens (tertiary/aromatic N) is 3. The highest BCUT2D eigenvalue weighted by Gasteiger charge is 2.22. The van der Waals surface area contributed by atoms with Gasteiger partial charge in [-0.15, -0.1) is 0 Å². The highest BCUT2D eigenvalue weighted by Crippen LogP contribution is 2.42. The minimum absolute atomic E-state index is 0.158. The first-order chi connectivity index (χ1) is 15.0. The Morgan fingerprint density at radius 2 is 1.94 bits per heavy atom. The van der Waals surface area contributed by atoms with Gasteiger partial charge in [0.05, 0.1) is 28.8 Å². The Bertz CT molecular complexity index is 1320. The number of aromatic nitrogens is 2. The van der Waals surface area contributed by atoms with E-state index in [2.05, 4.69) is 22.1 Å². The Balaban J connectivity index is 1.66. The third-order valence-electron chi connectivity index (χ3n) is 5.80. The quantitative estimate of drug-likeness (QED) is 0.453. The monoisotopic (exact) mass is 435 g/mol. The number of methoxy groups -OCH3 is 1. The molecule has 158 valence electrons. The van der Waals surface area contributed by atoms with E-state index in [9.17, 15) is 4.79 Å². The molecule has 1 aliphatic rings. The number of hydrogen-bond acceptors (Lipinski definition) is 5. The molecule has 0 N–H and O–H groups in total.